The van der Waals surface area contributed by atoms with Crippen molar-refractivity contribution in [3.8, 4) is 0 Å². The number of hydrogen-bond acceptors (Lipinski definition) is 6. The van der Waals surface area contributed by atoms with Crippen LogP contribution < -0.4 is 0 Å². The third-order valence-electron chi connectivity index (χ3n) is 9.28. The third kappa shape index (κ3) is 2.83. The third-order valence-corrected chi connectivity index (χ3v) is 9.28. The molecule has 1 saturated heterocycles. The zero-order valence-corrected chi connectivity index (χ0v) is 18.7. The molecule has 0 N–H and O–H groups in total. The molecule has 1 aliphatic heterocycles. The van der Waals surface area contributed by atoms with E-state index in [-0.39, 0.29) is 23.2 Å². The summed E-state index contributed by atoms with van der Waals surface area (Å²) in [6.07, 6.45) is 10.8. The van der Waals surface area contributed by atoms with Gasteiger partial charge in [-0.15, -0.1) is 0 Å². The molecule has 0 aromatic rings. The smallest absolute Gasteiger partial charge is 0.356 e. The summed E-state index contributed by atoms with van der Waals surface area (Å²) in [7, 11) is 0. The maximum absolute atomic E-state index is 12.7. The van der Waals surface area contributed by atoms with Gasteiger partial charge in [0.2, 0.25) is 0 Å². The fraction of sp³-hybridized carbons (Fsp3) is 0.720. The minimum atomic E-state index is -0.907. The lowest BCUT2D eigenvalue weighted by Gasteiger charge is -2.54. The van der Waals surface area contributed by atoms with Gasteiger partial charge in [-0.05, 0) is 63.4 Å². The highest BCUT2D eigenvalue weighted by molar-refractivity contribution is 5.96. The van der Waals surface area contributed by atoms with Crippen LogP contribution in [0, 0.1) is 28.6 Å². The van der Waals surface area contributed by atoms with E-state index in [0.29, 0.717) is 24.7 Å². The normalized spacial score (nSPS) is 43.5. The van der Waals surface area contributed by atoms with Crippen molar-refractivity contribution in [2.45, 2.75) is 77.7 Å². The first-order valence-corrected chi connectivity index (χ1v) is 11.7. The summed E-state index contributed by atoms with van der Waals surface area (Å²) < 4.78 is 6.04. The molecule has 0 radical (unpaired) electrons. The molecule has 5 rings (SSSR count). The SMILES string of the molecule is CCOOC(=O)C1C[C@@]2(CCC3C4CCC5=CC(=O)CCC5(C)C4=CCC32C)OC1=O. The Morgan fingerprint density at radius 3 is 2.77 bits per heavy atom. The number of fused-ring (bicyclic) bond motifs is 6. The second-order valence-electron chi connectivity index (χ2n) is 10.5. The summed E-state index contributed by atoms with van der Waals surface area (Å²) in [4.78, 5) is 46.7. The Balaban J connectivity index is 1.45. The fourth-order valence-corrected chi connectivity index (χ4v) is 7.52. The van der Waals surface area contributed by atoms with Gasteiger partial charge in [-0.1, -0.05) is 31.1 Å². The summed E-state index contributed by atoms with van der Waals surface area (Å²) >= 11 is 0. The van der Waals surface area contributed by atoms with E-state index in [1.165, 1.54) is 11.1 Å². The first kappa shape index (κ1) is 20.9. The van der Waals surface area contributed by atoms with Crippen molar-refractivity contribution in [2.24, 2.45) is 28.6 Å². The fourth-order valence-electron chi connectivity index (χ4n) is 7.52. The number of esters is 1. The van der Waals surface area contributed by atoms with E-state index in [1.807, 2.05) is 6.08 Å². The topological polar surface area (TPSA) is 78.9 Å². The quantitative estimate of drug-likeness (QED) is 0.220. The second-order valence-corrected chi connectivity index (χ2v) is 10.5. The van der Waals surface area contributed by atoms with Gasteiger partial charge < -0.3 is 4.74 Å². The maximum Gasteiger partial charge on any atom is 0.356 e. The van der Waals surface area contributed by atoms with Crippen LogP contribution in [0.25, 0.3) is 0 Å². The number of ketones is 1. The highest BCUT2D eigenvalue weighted by Gasteiger charge is 2.68. The van der Waals surface area contributed by atoms with E-state index in [9.17, 15) is 14.4 Å². The first-order valence-electron chi connectivity index (χ1n) is 11.7. The first-order chi connectivity index (χ1) is 14.7. The number of carbonyl (C=O) groups excluding carboxylic acids is 3. The van der Waals surface area contributed by atoms with Gasteiger partial charge in [0.05, 0.1) is 6.61 Å². The van der Waals surface area contributed by atoms with Gasteiger partial charge in [0, 0.05) is 23.7 Å². The van der Waals surface area contributed by atoms with Crippen LogP contribution in [0.4, 0.5) is 0 Å². The molecule has 5 unspecified atom stereocenters. The molecular formula is C25H32O6. The summed E-state index contributed by atoms with van der Waals surface area (Å²) in [5.41, 5.74) is 1.97. The lowest BCUT2D eigenvalue weighted by atomic mass is 9.50. The van der Waals surface area contributed by atoms with E-state index in [4.69, 9.17) is 14.5 Å². The summed E-state index contributed by atoms with van der Waals surface area (Å²) in [5, 5.41) is 0. The van der Waals surface area contributed by atoms with Crippen LogP contribution in [0.2, 0.25) is 0 Å². The molecule has 1 heterocycles. The van der Waals surface area contributed by atoms with Crippen LogP contribution in [-0.4, -0.2) is 29.9 Å². The summed E-state index contributed by atoms with van der Waals surface area (Å²) in [6.45, 7) is 6.53. The van der Waals surface area contributed by atoms with Crippen molar-refractivity contribution >= 4 is 17.7 Å². The molecule has 31 heavy (non-hydrogen) atoms. The summed E-state index contributed by atoms with van der Waals surface area (Å²) in [5.74, 6) is -0.910. The van der Waals surface area contributed by atoms with Crippen molar-refractivity contribution in [1.82, 2.24) is 0 Å². The number of allylic oxidation sites excluding steroid dienone is 4. The Labute approximate surface area is 183 Å². The monoisotopic (exact) mass is 428 g/mol. The predicted octanol–water partition coefficient (Wildman–Crippen LogP) is 4.24. The molecule has 2 saturated carbocycles. The molecule has 6 nitrogen and oxygen atoms in total. The highest BCUT2D eigenvalue weighted by Crippen LogP contribution is 2.68. The number of hydrogen-bond donors (Lipinski definition) is 0. The Bertz CT molecular complexity index is 902. The summed E-state index contributed by atoms with van der Waals surface area (Å²) in [6, 6.07) is 0. The molecule has 4 aliphatic carbocycles. The standard InChI is InChI=1S/C25H32O6/c1-4-29-31-22(28)18-14-25(30-21(18)27)12-9-20-17-6-5-15-13-16(26)7-10-23(15,2)19(17)8-11-24(20,25)3/h8,13,17-18,20H,4-7,9-12,14H2,1-3H3/t17?,18?,20?,23?,24?,25-/m1/s1. The van der Waals surface area contributed by atoms with Gasteiger partial charge in [0.25, 0.3) is 0 Å². The lowest BCUT2D eigenvalue weighted by Crippen LogP contribution is -2.50. The number of carbonyl (C=O) groups is 3. The van der Waals surface area contributed by atoms with Gasteiger partial charge in [-0.2, -0.15) is 4.89 Å². The zero-order valence-electron chi connectivity index (χ0n) is 18.7. The largest absolute Gasteiger partial charge is 0.458 e. The van der Waals surface area contributed by atoms with Crippen LogP contribution in [0.5, 0.6) is 0 Å². The van der Waals surface area contributed by atoms with Crippen molar-refractivity contribution in [3.05, 3.63) is 23.3 Å². The molecule has 6 heteroatoms. The van der Waals surface area contributed by atoms with E-state index >= 15 is 0 Å². The molecule has 168 valence electrons. The van der Waals surface area contributed by atoms with Gasteiger partial charge in [-0.3, -0.25) is 14.5 Å². The van der Waals surface area contributed by atoms with Crippen molar-refractivity contribution in [3.63, 3.8) is 0 Å². The molecule has 5 aliphatic rings. The highest BCUT2D eigenvalue weighted by atomic mass is 17.2. The molecule has 0 aromatic heterocycles. The van der Waals surface area contributed by atoms with E-state index in [2.05, 4.69) is 19.9 Å². The average molecular weight is 429 g/mol. The number of ether oxygens (including phenoxy) is 1. The molecule has 0 bridgehead atoms. The lowest BCUT2D eigenvalue weighted by molar-refractivity contribution is -0.272. The molecular weight excluding hydrogens is 396 g/mol. The second kappa shape index (κ2) is 7.03. The van der Waals surface area contributed by atoms with Crippen LogP contribution in [0.15, 0.2) is 23.3 Å². The van der Waals surface area contributed by atoms with Gasteiger partial charge in [0.15, 0.2) is 11.7 Å². The molecule has 0 aromatic carbocycles. The van der Waals surface area contributed by atoms with Gasteiger partial charge >= 0.3 is 11.9 Å². The van der Waals surface area contributed by atoms with E-state index < -0.39 is 23.5 Å². The average Bonchev–Trinajstić information content (AvgIpc) is 3.23. The molecule has 1 spiro atoms. The Hall–Kier alpha value is -1.95. The minimum Gasteiger partial charge on any atom is -0.458 e. The Morgan fingerprint density at radius 1 is 1.19 bits per heavy atom. The van der Waals surface area contributed by atoms with Crippen molar-refractivity contribution in [2.75, 3.05) is 6.61 Å². The van der Waals surface area contributed by atoms with E-state index in [1.54, 1.807) is 6.92 Å². The molecule has 6 atom stereocenters. The minimum absolute atomic E-state index is 0.00983. The van der Waals surface area contributed by atoms with Gasteiger partial charge in [-0.25, -0.2) is 4.79 Å². The van der Waals surface area contributed by atoms with E-state index in [0.717, 1.165) is 38.5 Å². The van der Waals surface area contributed by atoms with Crippen LogP contribution >= 0.6 is 0 Å². The zero-order chi connectivity index (χ0) is 22.0. The predicted molar refractivity (Wildman–Crippen MR) is 111 cm³/mol. The Morgan fingerprint density at radius 2 is 2.00 bits per heavy atom. The van der Waals surface area contributed by atoms with Crippen molar-refractivity contribution in [1.29, 1.82) is 0 Å². The van der Waals surface area contributed by atoms with Crippen LogP contribution in [0.3, 0.4) is 0 Å². The Kier molecular flexibility index (Phi) is 4.74. The number of rotatable bonds is 3. The van der Waals surface area contributed by atoms with Crippen LogP contribution in [-0.2, 0) is 28.9 Å². The molecule has 0 amide bonds. The van der Waals surface area contributed by atoms with Gasteiger partial charge in [0.1, 0.15) is 5.60 Å². The van der Waals surface area contributed by atoms with Crippen molar-refractivity contribution < 1.29 is 28.9 Å². The van der Waals surface area contributed by atoms with Crippen LogP contribution in [0.1, 0.15) is 72.1 Å². The maximum atomic E-state index is 12.7. The molecule has 3 fully saturated rings.